The van der Waals surface area contributed by atoms with Gasteiger partial charge in [0.25, 0.3) is 0 Å². The number of nitrogens with one attached hydrogen (secondary N) is 1. The number of rotatable bonds is 4. The zero-order chi connectivity index (χ0) is 17.0. The highest BCUT2D eigenvalue weighted by Crippen LogP contribution is 2.30. The van der Waals surface area contributed by atoms with E-state index in [9.17, 15) is 4.79 Å². The minimum Gasteiger partial charge on any atom is -0.326 e. The van der Waals surface area contributed by atoms with Crippen LogP contribution in [0.25, 0.3) is 0 Å². The Morgan fingerprint density at radius 1 is 1.00 bits per heavy atom. The zero-order valence-electron chi connectivity index (χ0n) is 14.3. The summed E-state index contributed by atoms with van der Waals surface area (Å²) in [5.41, 5.74) is 9.17. The van der Waals surface area contributed by atoms with Gasteiger partial charge < -0.3 is 11.1 Å². The maximum atomic E-state index is 12.6. The molecule has 0 bridgehead atoms. The summed E-state index contributed by atoms with van der Waals surface area (Å²) in [4.78, 5) is 12.6. The molecule has 2 atom stereocenters. The summed E-state index contributed by atoms with van der Waals surface area (Å²) in [5.74, 6) is -0.372. The van der Waals surface area contributed by atoms with E-state index in [0.717, 1.165) is 16.8 Å². The fourth-order valence-electron chi connectivity index (χ4n) is 2.62. The lowest BCUT2D eigenvalue weighted by atomic mass is 9.85. The Morgan fingerprint density at radius 3 is 2.17 bits per heavy atom. The maximum absolute atomic E-state index is 12.6. The van der Waals surface area contributed by atoms with E-state index in [0.29, 0.717) is 0 Å². The summed E-state index contributed by atoms with van der Waals surface area (Å²) in [5, 5.41) is 3.05. The summed E-state index contributed by atoms with van der Waals surface area (Å²) in [6, 6.07) is 17.3. The van der Waals surface area contributed by atoms with Crippen molar-refractivity contribution in [3.8, 4) is 0 Å². The van der Waals surface area contributed by atoms with Crippen LogP contribution in [0.15, 0.2) is 54.6 Å². The van der Waals surface area contributed by atoms with Crippen molar-refractivity contribution in [2.45, 2.75) is 39.2 Å². The van der Waals surface area contributed by atoms with Gasteiger partial charge in [0, 0.05) is 11.7 Å². The van der Waals surface area contributed by atoms with Gasteiger partial charge in [0.2, 0.25) is 5.91 Å². The predicted octanol–water partition coefficient (Wildman–Crippen LogP) is 4.26. The Morgan fingerprint density at radius 2 is 1.57 bits per heavy atom. The van der Waals surface area contributed by atoms with Gasteiger partial charge in [-0.3, -0.25) is 4.79 Å². The Balaban J connectivity index is 2.17. The second-order valence-corrected chi connectivity index (χ2v) is 7.01. The van der Waals surface area contributed by atoms with Crippen LogP contribution in [0.1, 0.15) is 44.9 Å². The van der Waals surface area contributed by atoms with E-state index in [1.807, 2.05) is 55.5 Å². The third kappa shape index (κ3) is 4.20. The van der Waals surface area contributed by atoms with Crippen LogP contribution in [0, 0.1) is 5.92 Å². The minimum absolute atomic E-state index is 0.0331. The first-order valence-electron chi connectivity index (χ1n) is 8.01. The van der Waals surface area contributed by atoms with E-state index in [1.54, 1.807) is 0 Å². The molecule has 0 aliphatic heterocycles. The van der Waals surface area contributed by atoms with E-state index in [-0.39, 0.29) is 23.3 Å². The normalized spacial score (nSPS) is 14.1. The molecule has 2 rings (SSSR count). The quantitative estimate of drug-likeness (QED) is 0.886. The topological polar surface area (TPSA) is 55.1 Å². The molecule has 23 heavy (non-hydrogen) atoms. The third-order valence-corrected chi connectivity index (χ3v) is 4.13. The van der Waals surface area contributed by atoms with Gasteiger partial charge in [0.15, 0.2) is 0 Å². The van der Waals surface area contributed by atoms with Crippen molar-refractivity contribution in [2.75, 3.05) is 5.32 Å². The molecule has 0 heterocycles. The van der Waals surface area contributed by atoms with Crippen LogP contribution >= 0.6 is 0 Å². The van der Waals surface area contributed by atoms with Crippen molar-refractivity contribution in [1.29, 1.82) is 0 Å². The SMILES string of the molecule is CC(C(=O)Nc1ccccc1C(C)(C)C)C(N)c1ccccc1. The van der Waals surface area contributed by atoms with E-state index >= 15 is 0 Å². The Kier molecular flexibility index (Phi) is 5.22. The van der Waals surface area contributed by atoms with Gasteiger partial charge in [-0.25, -0.2) is 0 Å². The van der Waals surface area contributed by atoms with Crippen LogP contribution in [0.4, 0.5) is 5.69 Å². The highest BCUT2D eigenvalue weighted by molar-refractivity contribution is 5.93. The number of carbonyl (C=O) groups excluding carboxylic acids is 1. The average Bonchev–Trinajstić information content (AvgIpc) is 2.53. The Labute approximate surface area is 138 Å². The zero-order valence-corrected chi connectivity index (χ0v) is 14.3. The van der Waals surface area contributed by atoms with E-state index in [2.05, 4.69) is 32.2 Å². The summed E-state index contributed by atoms with van der Waals surface area (Å²) in [7, 11) is 0. The number of anilines is 1. The fraction of sp³-hybridized carbons (Fsp3) is 0.350. The lowest BCUT2D eigenvalue weighted by Crippen LogP contribution is -2.31. The molecule has 0 aliphatic rings. The van der Waals surface area contributed by atoms with Gasteiger partial charge in [0.05, 0.1) is 5.92 Å². The number of nitrogens with two attached hydrogens (primary N) is 1. The van der Waals surface area contributed by atoms with Crippen molar-refractivity contribution in [2.24, 2.45) is 11.7 Å². The molecule has 2 aromatic carbocycles. The summed E-state index contributed by atoms with van der Waals surface area (Å²) < 4.78 is 0. The molecular weight excluding hydrogens is 284 g/mol. The highest BCUT2D eigenvalue weighted by Gasteiger charge is 2.24. The third-order valence-electron chi connectivity index (χ3n) is 4.13. The van der Waals surface area contributed by atoms with E-state index in [4.69, 9.17) is 5.73 Å². The van der Waals surface area contributed by atoms with Gasteiger partial charge in [-0.05, 0) is 22.6 Å². The summed E-state index contributed by atoms with van der Waals surface area (Å²) >= 11 is 0. The van der Waals surface area contributed by atoms with Crippen molar-refractivity contribution in [3.63, 3.8) is 0 Å². The molecular formula is C20H26N2O. The monoisotopic (exact) mass is 310 g/mol. The molecule has 3 N–H and O–H groups in total. The number of benzene rings is 2. The first kappa shape index (κ1) is 17.2. The molecule has 122 valence electrons. The highest BCUT2D eigenvalue weighted by atomic mass is 16.1. The molecule has 0 saturated carbocycles. The molecule has 0 saturated heterocycles. The fourth-order valence-corrected chi connectivity index (χ4v) is 2.62. The molecule has 0 radical (unpaired) electrons. The summed E-state index contributed by atoms with van der Waals surface area (Å²) in [6.07, 6.45) is 0. The number of amides is 1. The number of hydrogen-bond donors (Lipinski definition) is 2. The molecule has 0 aromatic heterocycles. The Hall–Kier alpha value is -2.13. The number of carbonyl (C=O) groups is 1. The largest absolute Gasteiger partial charge is 0.326 e. The van der Waals surface area contributed by atoms with Crippen LogP contribution in [0.5, 0.6) is 0 Å². The lowest BCUT2D eigenvalue weighted by molar-refractivity contribution is -0.120. The van der Waals surface area contributed by atoms with Crippen LogP contribution in [0.3, 0.4) is 0 Å². The smallest absolute Gasteiger partial charge is 0.229 e. The predicted molar refractivity (Wildman–Crippen MR) is 96.3 cm³/mol. The van der Waals surface area contributed by atoms with Crippen LogP contribution in [-0.2, 0) is 10.2 Å². The van der Waals surface area contributed by atoms with Crippen LogP contribution in [-0.4, -0.2) is 5.91 Å². The van der Waals surface area contributed by atoms with Crippen molar-refractivity contribution >= 4 is 11.6 Å². The van der Waals surface area contributed by atoms with Crippen LogP contribution < -0.4 is 11.1 Å². The molecule has 3 heteroatoms. The first-order valence-corrected chi connectivity index (χ1v) is 8.01. The van der Waals surface area contributed by atoms with Crippen LogP contribution in [0.2, 0.25) is 0 Å². The van der Waals surface area contributed by atoms with Gasteiger partial charge in [-0.15, -0.1) is 0 Å². The average molecular weight is 310 g/mol. The Bertz CT molecular complexity index is 659. The number of hydrogen-bond acceptors (Lipinski definition) is 2. The van der Waals surface area contributed by atoms with E-state index < -0.39 is 0 Å². The van der Waals surface area contributed by atoms with Gasteiger partial charge in [0.1, 0.15) is 0 Å². The van der Waals surface area contributed by atoms with E-state index in [1.165, 1.54) is 0 Å². The second kappa shape index (κ2) is 6.97. The molecule has 2 unspecified atom stereocenters. The van der Waals surface area contributed by atoms with Crippen molar-refractivity contribution in [1.82, 2.24) is 0 Å². The molecule has 0 spiro atoms. The standard InChI is InChI=1S/C20H26N2O/c1-14(18(21)15-10-6-5-7-11-15)19(23)22-17-13-9-8-12-16(17)20(2,3)4/h5-14,18H,21H2,1-4H3,(H,22,23). The molecule has 2 aromatic rings. The minimum atomic E-state index is -0.321. The molecule has 1 amide bonds. The van der Waals surface area contributed by atoms with Gasteiger partial charge in [-0.2, -0.15) is 0 Å². The lowest BCUT2D eigenvalue weighted by Gasteiger charge is -2.25. The molecule has 3 nitrogen and oxygen atoms in total. The maximum Gasteiger partial charge on any atom is 0.229 e. The second-order valence-electron chi connectivity index (χ2n) is 7.01. The van der Waals surface area contributed by atoms with Crippen molar-refractivity contribution in [3.05, 3.63) is 65.7 Å². The van der Waals surface area contributed by atoms with Crippen molar-refractivity contribution < 1.29 is 4.79 Å². The summed E-state index contributed by atoms with van der Waals surface area (Å²) in [6.45, 7) is 8.28. The molecule has 0 fully saturated rings. The van der Waals surface area contributed by atoms with Gasteiger partial charge in [-0.1, -0.05) is 76.2 Å². The number of para-hydroxylation sites is 1. The van der Waals surface area contributed by atoms with Gasteiger partial charge >= 0.3 is 0 Å². The molecule has 0 aliphatic carbocycles. The first-order chi connectivity index (χ1) is 10.8.